The first kappa shape index (κ1) is 62.9. The standard InChI is InChI=1S/C59H110O6/c1-4-7-10-13-16-19-22-24-26-28-29-31-32-34-37-40-43-46-49-52-58(61)64-55-56(54-63-57(60)51-48-45-42-39-36-21-18-15-12-9-6-3)65-59(62)53-50-47-44-41-38-35-33-30-27-25-23-20-17-14-11-8-5-2/h25,27-29,56H,4-24,26,30-55H2,1-3H3/b27-25-,29-28-/t56-/m1/s1. The van der Waals surface area contributed by atoms with Crippen LogP contribution >= 0.6 is 0 Å². The van der Waals surface area contributed by atoms with Gasteiger partial charge in [0.2, 0.25) is 0 Å². The predicted octanol–water partition coefficient (Wildman–Crippen LogP) is 19.1. The highest BCUT2D eigenvalue weighted by Crippen LogP contribution is 2.16. The van der Waals surface area contributed by atoms with E-state index in [4.69, 9.17) is 14.2 Å². The second-order valence-corrected chi connectivity index (χ2v) is 19.6. The van der Waals surface area contributed by atoms with Crippen LogP contribution in [0.5, 0.6) is 0 Å². The van der Waals surface area contributed by atoms with Gasteiger partial charge in [-0.25, -0.2) is 0 Å². The molecule has 0 rings (SSSR count). The van der Waals surface area contributed by atoms with Gasteiger partial charge in [0.25, 0.3) is 0 Å². The fourth-order valence-corrected chi connectivity index (χ4v) is 8.55. The van der Waals surface area contributed by atoms with E-state index in [2.05, 4.69) is 45.1 Å². The Morgan fingerprint density at radius 2 is 0.508 bits per heavy atom. The van der Waals surface area contributed by atoms with E-state index in [1.807, 2.05) is 0 Å². The van der Waals surface area contributed by atoms with E-state index in [1.165, 1.54) is 218 Å². The maximum atomic E-state index is 12.8. The number of rotatable bonds is 53. The van der Waals surface area contributed by atoms with Crippen molar-refractivity contribution >= 4 is 17.9 Å². The lowest BCUT2D eigenvalue weighted by Gasteiger charge is -2.18. The fourth-order valence-electron chi connectivity index (χ4n) is 8.55. The van der Waals surface area contributed by atoms with Crippen molar-refractivity contribution in [3.05, 3.63) is 24.3 Å². The van der Waals surface area contributed by atoms with Gasteiger partial charge in [0.1, 0.15) is 13.2 Å². The van der Waals surface area contributed by atoms with E-state index in [0.29, 0.717) is 19.3 Å². The molecule has 1 atom stereocenters. The molecule has 6 nitrogen and oxygen atoms in total. The molecule has 0 N–H and O–H groups in total. The highest BCUT2D eigenvalue weighted by molar-refractivity contribution is 5.71. The first-order valence-corrected chi connectivity index (χ1v) is 28.8. The molecule has 0 fully saturated rings. The molecule has 0 spiro atoms. The largest absolute Gasteiger partial charge is 0.462 e. The molecule has 0 aromatic carbocycles. The van der Waals surface area contributed by atoms with E-state index in [9.17, 15) is 14.4 Å². The van der Waals surface area contributed by atoms with Gasteiger partial charge in [-0.15, -0.1) is 0 Å². The maximum absolute atomic E-state index is 12.8. The Morgan fingerprint density at radius 3 is 0.769 bits per heavy atom. The summed E-state index contributed by atoms with van der Waals surface area (Å²) in [5.41, 5.74) is 0. The molecule has 0 heterocycles. The van der Waals surface area contributed by atoms with Crippen LogP contribution in [0.4, 0.5) is 0 Å². The third-order valence-corrected chi connectivity index (χ3v) is 12.9. The lowest BCUT2D eigenvalue weighted by Crippen LogP contribution is -2.30. The quantitative estimate of drug-likeness (QED) is 0.0262. The Hall–Kier alpha value is -2.11. The van der Waals surface area contributed by atoms with Gasteiger partial charge in [-0.2, -0.15) is 0 Å². The van der Waals surface area contributed by atoms with Crippen LogP contribution in [-0.2, 0) is 28.6 Å². The monoisotopic (exact) mass is 915 g/mol. The third-order valence-electron chi connectivity index (χ3n) is 12.9. The SMILES string of the molecule is CCCCCCCC/C=C\CCCCCCCCCC(=O)O[C@@H](COC(=O)CCCCCCCCC/C=C\CCCCCCCCCC)COC(=O)CCCCCCCCCCCCC. The molecule has 0 bridgehead atoms. The van der Waals surface area contributed by atoms with Crippen LogP contribution in [0.15, 0.2) is 24.3 Å². The summed E-state index contributed by atoms with van der Waals surface area (Å²) < 4.78 is 16.9. The molecule has 6 heteroatoms. The molecule has 382 valence electrons. The minimum atomic E-state index is -0.771. The molecule has 0 saturated heterocycles. The average molecular weight is 916 g/mol. The summed E-state index contributed by atoms with van der Waals surface area (Å²) in [6.07, 6.45) is 63.1. The van der Waals surface area contributed by atoms with E-state index < -0.39 is 6.10 Å². The van der Waals surface area contributed by atoms with Crippen LogP contribution in [-0.4, -0.2) is 37.2 Å². The number of allylic oxidation sites excluding steroid dienone is 4. The van der Waals surface area contributed by atoms with Crippen LogP contribution in [0.2, 0.25) is 0 Å². The van der Waals surface area contributed by atoms with Crippen molar-refractivity contribution < 1.29 is 28.6 Å². The highest BCUT2D eigenvalue weighted by Gasteiger charge is 2.19. The van der Waals surface area contributed by atoms with Crippen molar-refractivity contribution in [1.82, 2.24) is 0 Å². The molecule has 0 aliphatic rings. The van der Waals surface area contributed by atoms with Gasteiger partial charge in [-0.05, 0) is 70.6 Å². The number of esters is 3. The van der Waals surface area contributed by atoms with Gasteiger partial charge in [0.05, 0.1) is 0 Å². The molecular formula is C59H110O6. The average Bonchev–Trinajstić information content (AvgIpc) is 3.30. The van der Waals surface area contributed by atoms with Crippen molar-refractivity contribution in [1.29, 1.82) is 0 Å². The zero-order valence-electron chi connectivity index (χ0n) is 43.8. The zero-order chi connectivity index (χ0) is 47.2. The Labute approximate surface area is 404 Å². The smallest absolute Gasteiger partial charge is 0.306 e. The number of carbonyl (C=O) groups is 3. The second kappa shape index (κ2) is 54.5. The van der Waals surface area contributed by atoms with Crippen molar-refractivity contribution in [2.24, 2.45) is 0 Å². The van der Waals surface area contributed by atoms with E-state index in [0.717, 1.165) is 57.8 Å². The molecule has 0 aliphatic heterocycles. The Balaban J connectivity index is 4.30. The summed E-state index contributed by atoms with van der Waals surface area (Å²) in [6.45, 7) is 6.66. The molecule has 0 amide bonds. The van der Waals surface area contributed by atoms with E-state index >= 15 is 0 Å². The van der Waals surface area contributed by atoms with Crippen molar-refractivity contribution in [2.45, 2.75) is 322 Å². The first-order chi connectivity index (χ1) is 32.0. The third kappa shape index (κ3) is 52.7. The minimum Gasteiger partial charge on any atom is -0.462 e. The molecule has 0 saturated carbocycles. The van der Waals surface area contributed by atoms with E-state index in [-0.39, 0.29) is 31.1 Å². The minimum absolute atomic E-state index is 0.0703. The number of hydrogen-bond donors (Lipinski definition) is 0. The number of hydrogen-bond acceptors (Lipinski definition) is 6. The summed E-state index contributed by atoms with van der Waals surface area (Å²) in [5.74, 6) is -0.862. The molecule has 0 aromatic heterocycles. The first-order valence-electron chi connectivity index (χ1n) is 28.8. The number of ether oxygens (including phenoxy) is 3. The molecule has 65 heavy (non-hydrogen) atoms. The second-order valence-electron chi connectivity index (χ2n) is 19.6. The Kier molecular flexibility index (Phi) is 52.7. The summed E-state index contributed by atoms with van der Waals surface area (Å²) in [6, 6.07) is 0. The van der Waals surface area contributed by atoms with Crippen LogP contribution in [0.3, 0.4) is 0 Å². The van der Waals surface area contributed by atoms with Crippen LogP contribution in [0.25, 0.3) is 0 Å². The summed E-state index contributed by atoms with van der Waals surface area (Å²) in [4.78, 5) is 38.1. The van der Waals surface area contributed by atoms with Gasteiger partial charge < -0.3 is 14.2 Å². The lowest BCUT2D eigenvalue weighted by molar-refractivity contribution is -0.167. The normalized spacial score (nSPS) is 12.1. The molecule has 0 unspecified atom stereocenters. The summed E-state index contributed by atoms with van der Waals surface area (Å²) in [5, 5.41) is 0. The molecule has 0 aliphatic carbocycles. The number of carbonyl (C=O) groups excluding carboxylic acids is 3. The summed E-state index contributed by atoms with van der Waals surface area (Å²) >= 11 is 0. The van der Waals surface area contributed by atoms with Crippen molar-refractivity contribution in [2.75, 3.05) is 13.2 Å². The van der Waals surface area contributed by atoms with E-state index in [1.54, 1.807) is 0 Å². The molecule has 0 aromatic rings. The van der Waals surface area contributed by atoms with Crippen LogP contribution < -0.4 is 0 Å². The van der Waals surface area contributed by atoms with Gasteiger partial charge in [-0.1, -0.05) is 251 Å². The van der Waals surface area contributed by atoms with Gasteiger partial charge in [0.15, 0.2) is 6.10 Å². The van der Waals surface area contributed by atoms with Crippen LogP contribution in [0, 0.1) is 0 Å². The zero-order valence-corrected chi connectivity index (χ0v) is 43.8. The Morgan fingerprint density at radius 1 is 0.292 bits per heavy atom. The predicted molar refractivity (Wildman–Crippen MR) is 279 cm³/mol. The summed E-state index contributed by atoms with van der Waals surface area (Å²) in [7, 11) is 0. The lowest BCUT2D eigenvalue weighted by atomic mass is 10.1. The van der Waals surface area contributed by atoms with Crippen LogP contribution in [0.1, 0.15) is 316 Å². The highest BCUT2D eigenvalue weighted by atomic mass is 16.6. The van der Waals surface area contributed by atoms with Crippen molar-refractivity contribution in [3.8, 4) is 0 Å². The van der Waals surface area contributed by atoms with Gasteiger partial charge in [0, 0.05) is 19.3 Å². The molecule has 0 radical (unpaired) electrons. The van der Waals surface area contributed by atoms with Crippen molar-refractivity contribution in [3.63, 3.8) is 0 Å². The maximum Gasteiger partial charge on any atom is 0.306 e. The Bertz CT molecular complexity index is 1050. The number of unbranched alkanes of at least 4 members (excludes halogenated alkanes) is 38. The van der Waals surface area contributed by atoms with Gasteiger partial charge >= 0.3 is 17.9 Å². The topological polar surface area (TPSA) is 78.9 Å². The van der Waals surface area contributed by atoms with Gasteiger partial charge in [-0.3, -0.25) is 14.4 Å². The fraction of sp³-hybridized carbons (Fsp3) is 0.881. The molecular weight excluding hydrogens is 805 g/mol.